The molecule has 0 aliphatic carbocycles. The minimum absolute atomic E-state index is 0.00473. The van der Waals surface area contributed by atoms with E-state index in [0.29, 0.717) is 49.9 Å². The van der Waals surface area contributed by atoms with E-state index in [1.54, 1.807) is 31.5 Å². The summed E-state index contributed by atoms with van der Waals surface area (Å²) in [5.41, 5.74) is 1.81. The van der Waals surface area contributed by atoms with E-state index in [9.17, 15) is 14.7 Å². The number of carbonyl (C=O) groups is 2. The SMILES string of the molecule is CC(C)C(=O)N1CCC(Nc2cc(C(=O)NC[C@@](C)(O)CN3CCc4cc(OCc5cnco5)ccc4C3)ccn2)CC1. The van der Waals surface area contributed by atoms with Crippen LogP contribution in [-0.4, -0.2) is 81.1 Å². The van der Waals surface area contributed by atoms with E-state index in [0.717, 1.165) is 31.6 Å². The van der Waals surface area contributed by atoms with Crippen LogP contribution in [0.2, 0.25) is 0 Å². The monoisotopic (exact) mass is 590 g/mol. The molecule has 0 spiro atoms. The highest BCUT2D eigenvalue weighted by Crippen LogP contribution is 2.25. The number of nitrogens with zero attached hydrogens (tertiary/aromatic N) is 4. The van der Waals surface area contributed by atoms with Crippen molar-refractivity contribution in [1.29, 1.82) is 0 Å². The first-order chi connectivity index (χ1) is 20.6. The number of aromatic nitrogens is 2. The lowest BCUT2D eigenvalue weighted by molar-refractivity contribution is -0.135. The predicted molar refractivity (Wildman–Crippen MR) is 162 cm³/mol. The maximum atomic E-state index is 13.0. The summed E-state index contributed by atoms with van der Waals surface area (Å²) in [6.07, 6.45) is 7.15. The molecule has 2 aromatic heterocycles. The lowest BCUT2D eigenvalue weighted by Crippen LogP contribution is -2.49. The van der Waals surface area contributed by atoms with Crippen LogP contribution in [0.1, 0.15) is 60.9 Å². The molecule has 11 heteroatoms. The number of carbonyl (C=O) groups excluding carboxylic acids is 2. The number of pyridine rings is 1. The van der Waals surface area contributed by atoms with Gasteiger partial charge in [-0.2, -0.15) is 0 Å². The number of likely N-dealkylation sites (tertiary alicyclic amines) is 1. The molecule has 1 aromatic carbocycles. The van der Waals surface area contributed by atoms with Crippen molar-refractivity contribution in [2.45, 2.75) is 64.8 Å². The summed E-state index contributed by atoms with van der Waals surface area (Å²) in [4.78, 5) is 37.7. The van der Waals surface area contributed by atoms with Crippen molar-refractivity contribution in [3.8, 4) is 5.75 Å². The Balaban J connectivity index is 1.07. The minimum Gasteiger partial charge on any atom is -0.486 e. The summed E-state index contributed by atoms with van der Waals surface area (Å²) in [6.45, 7) is 9.42. The van der Waals surface area contributed by atoms with Crippen LogP contribution in [-0.2, 0) is 24.4 Å². The van der Waals surface area contributed by atoms with Gasteiger partial charge in [0.05, 0.1) is 11.8 Å². The fourth-order valence-corrected chi connectivity index (χ4v) is 5.66. The van der Waals surface area contributed by atoms with Crippen LogP contribution >= 0.6 is 0 Å². The molecular formula is C32H42N6O5. The molecule has 0 bridgehead atoms. The number of hydrogen-bond donors (Lipinski definition) is 3. The number of anilines is 1. The molecule has 11 nitrogen and oxygen atoms in total. The number of ether oxygens (including phenoxy) is 1. The predicted octanol–water partition coefficient (Wildman–Crippen LogP) is 3.25. The molecule has 230 valence electrons. The van der Waals surface area contributed by atoms with Crippen molar-refractivity contribution in [1.82, 2.24) is 25.1 Å². The Morgan fingerprint density at radius 1 is 1.16 bits per heavy atom. The van der Waals surface area contributed by atoms with Gasteiger partial charge in [0.25, 0.3) is 5.91 Å². The molecule has 5 rings (SSSR count). The van der Waals surface area contributed by atoms with Crippen LogP contribution in [0.15, 0.2) is 53.5 Å². The Morgan fingerprint density at radius 2 is 1.98 bits per heavy atom. The Hall–Kier alpha value is -3.96. The summed E-state index contributed by atoms with van der Waals surface area (Å²) < 4.78 is 11.1. The molecule has 1 atom stereocenters. The van der Waals surface area contributed by atoms with Crippen molar-refractivity contribution >= 4 is 17.6 Å². The van der Waals surface area contributed by atoms with Gasteiger partial charge in [-0.3, -0.25) is 14.5 Å². The van der Waals surface area contributed by atoms with Crippen LogP contribution in [0.4, 0.5) is 5.82 Å². The van der Waals surface area contributed by atoms with Gasteiger partial charge in [0, 0.05) is 63.0 Å². The van der Waals surface area contributed by atoms with Gasteiger partial charge in [-0.25, -0.2) is 9.97 Å². The summed E-state index contributed by atoms with van der Waals surface area (Å²) in [7, 11) is 0. The number of rotatable bonds is 11. The van der Waals surface area contributed by atoms with Gasteiger partial charge in [0.2, 0.25) is 5.91 Å². The molecule has 0 saturated carbocycles. The number of fused-ring (bicyclic) bond motifs is 1. The summed E-state index contributed by atoms with van der Waals surface area (Å²) in [6, 6.07) is 9.68. The number of oxazole rings is 1. The van der Waals surface area contributed by atoms with Gasteiger partial charge in [0.15, 0.2) is 12.2 Å². The maximum absolute atomic E-state index is 13.0. The van der Waals surface area contributed by atoms with Crippen molar-refractivity contribution in [2.24, 2.45) is 5.92 Å². The van der Waals surface area contributed by atoms with E-state index in [2.05, 4.69) is 37.6 Å². The second-order valence-electron chi connectivity index (χ2n) is 12.2. The van der Waals surface area contributed by atoms with E-state index in [1.807, 2.05) is 24.8 Å². The quantitative estimate of drug-likeness (QED) is 0.308. The standard InChI is InChI=1S/C32H42N6O5/c1-22(2)31(40)38-12-8-26(9-13-38)36-29-15-24(6-10-34-29)30(39)35-19-32(3,41)20-37-11-7-23-14-27(5-4-25(23)17-37)42-18-28-16-33-21-43-28/h4-6,10,14-16,21-22,26,41H,7-9,11-13,17-20H2,1-3H3,(H,34,36)(H,35,39)/t32-/m1/s1. The van der Waals surface area contributed by atoms with Gasteiger partial charge >= 0.3 is 0 Å². The highest BCUT2D eigenvalue weighted by Gasteiger charge is 2.28. The molecule has 2 aliphatic heterocycles. The molecule has 3 N–H and O–H groups in total. The highest BCUT2D eigenvalue weighted by molar-refractivity contribution is 5.94. The molecule has 0 radical (unpaired) electrons. The summed E-state index contributed by atoms with van der Waals surface area (Å²) in [5, 5.41) is 17.5. The van der Waals surface area contributed by atoms with E-state index < -0.39 is 5.60 Å². The third-order valence-corrected chi connectivity index (χ3v) is 8.00. The second-order valence-corrected chi connectivity index (χ2v) is 12.2. The Labute approximate surface area is 252 Å². The molecule has 3 aromatic rings. The van der Waals surface area contributed by atoms with Crippen LogP contribution in [0, 0.1) is 5.92 Å². The van der Waals surface area contributed by atoms with E-state index >= 15 is 0 Å². The summed E-state index contributed by atoms with van der Waals surface area (Å²) >= 11 is 0. The van der Waals surface area contributed by atoms with Crippen molar-refractivity contribution in [3.63, 3.8) is 0 Å². The van der Waals surface area contributed by atoms with E-state index in [-0.39, 0.29) is 30.3 Å². The van der Waals surface area contributed by atoms with E-state index in [1.165, 1.54) is 17.5 Å². The van der Waals surface area contributed by atoms with Crippen LogP contribution in [0.25, 0.3) is 0 Å². The Kier molecular flexibility index (Phi) is 9.62. The number of piperidine rings is 1. The Bertz CT molecular complexity index is 1380. The zero-order chi connectivity index (χ0) is 30.4. The Morgan fingerprint density at radius 3 is 2.72 bits per heavy atom. The molecule has 1 fully saturated rings. The number of nitrogens with one attached hydrogen (secondary N) is 2. The lowest BCUT2D eigenvalue weighted by atomic mass is 9.97. The summed E-state index contributed by atoms with van der Waals surface area (Å²) in [5.74, 6) is 2.03. The zero-order valence-electron chi connectivity index (χ0n) is 25.2. The maximum Gasteiger partial charge on any atom is 0.251 e. The molecule has 2 aliphatic rings. The van der Waals surface area contributed by atoms with Crippen molar-refractivity contribution in [3.05, 3.63) is 71.6 Å². The smallest absolute Gasteiger partial charge is 0.251 e. The minimum atomic E-state index is -1.11. The third-order valence-electron chi connectivity index (χ3n) is 8.00. The molecule has 0 unspecified atom stereocenters. The first-order valence-corrected chi connectivity index (χ1v) is 15.0. The van der Waals surface area contributed by atoms with Gasteiger partial charge in [0.1, 0.15) is 18.2 Å². The van der Waals surface area contributed by atoms with Gasteiger partial charge in [-0.1, -0.05) is 19.9 Å². The van der Waals surface area contributed by atoms with Crippen LogP contribution in [0.3, 0.4) is 0 Å². The number of aliphatic hydroxyl groups is 1. The topological polar surface area (TPSA) is 133 Å². The first kappa shape index (κ1) is 30.5. The molecule has 2 amide bonds. The number of β-amino-alcohol motifs (C(OH)–C–C–N with tert-alkyl or cyclic N) is 1. The number of hydrogen-bond acceptors (Lipinski definition) is 9. The number of benzene rings is 1. The average molecular weight is 591 g/mol. The molecule has 1 saturated heterocycles. The van der Waals surface area contributed by atoms with Crippen LogP contribution < -0.4 is 15.4 Å². The average Bonchev–Trinajstić information content (AvgIpc) is 3.53. The normalized spacial score (nSPS) is 17.3. The zero-order valence-corrected chi connectivity index (χ0v) is 25.2. The van der Waals surface area contributed by atoms with Gasteiger partial charge < -0.3 is 29.8 Å². The van der Waals surface area contributed by atoms with Gasteiger partial charge in [-0.05, 0) is 61.6 Å². The molecule has 43 heavy (non-hydrogen) atoms. The largest absolute Gasteiger partial charge is 0.486 e. The van der Waals surface area contributed by atoms with Gasteiger partial charge in [-0.15, -0.1) is 0 Å². The first-order valence-electron chi connectivity index (χ1n) is 15.0. The highest BCUT2D eigenvalue weighted by atomic mass is 16.5. The second kappa shape index (κ2) is 13.6. The fourth-order valence-electron chi connectivity index (χ4n) is 5.66. The third kappa shape index (κ3) is 8.32. The van der Waals surface area contributed by atoms with Crippen molar-refractivity contribution in [2.75, 3.05) is 38.0 Å². The van der Waals surface area contributed by atoms with Crippen LogP contribution in [0.5, 0.6) is 5.75 Å². The molecular weight excluding hydrogens is 548 g/mol. The van der Waals surface area contributed by atoms with Crippen molar-refractivity contribution < 1.29 is 23.8 Å². The molecule has 4 heterocycles. The number of amides is 2. The lowest BCUT2D eigenvalue weighted by Gasteiger charge is -2.35. The fraction of sp³-hybridized carbons (Fsp3) is 0.500. The van der Waals surface area contributed by atoms with E-state index in [4.69, 9.17) is 9.15 Å².